The topological polar surface area (TPSA) is 134 Å². The first-order valence-corrected chi connectivity index (χ1v) is 10.8. The zero-order valence-corrected chi connectivity index (χ0v) is 17.9. The number of hydrogen-bond acceptors (Lipinski definition) is 7. The fraction of sp³-hybridized carbons (Fsp3) is 0.250. The molecule has 3 rings (SSSR count). The third kappa shape index (κ3) is 4.31. The maximum absolute atomic E-state index is 12.6. The van der Waals surface area contributed by atoms with Crippen molar-refractivity contribution >= 4 is 33.4 Å². The summed E-state index contributed by atoms with van der Waals surface area (Å²) in [6.45, 7) is 3.03. The molecule has 0 radical (unpaired) electrons. The summed E-state index contributed by atoms with van der Waals surface area (Å²) >= 11 is 0. The highest BCUT2D eigenvalue weighted by Gasteiger charge is 2.42. The van der Waals surface area contributed by atoms with Gasteiger partial charge in [-0.1, -0.05) is 12.1 Å². The van der Waals surface area contributed by atoms with Crippen LogP contribution in [0.25, 0.3) is 0 Å². The van der Waals surface area contributed by atoms with E-state index in [1.165, 1.54) is 19.2 Å². The van der Waals surface area contributed by atoms with Crippen LogP contribution in [0.15, 0.2) is 47.4 Å². The van der Waals surface area contributed by atoms with E-state index >= 15 is 0 Å². The lowest BCUT2D eigenvalue weighted by molar-refractivity contribution is -0.120. The van der Waals surface area contributed by atoms with E-state index in [2.05, 4.69) is 16.2 Å². The number of nitrogens with zero attached hydrogens (tertiary/aromatic N) is 1. The highest BCUT2D eigenvalue weighted by molar-refractivity contribution is 7.90. The largest absolute Gasteiger partial charge is 0.495 e. The number of sulfonamides is 1. The molecule has 0 aliphatic carbocycles. The summed E-state index contributed by atoms with van der Waals surface area (Å²) in [6.07, 6.45) is 0. The molecular formula is C20H22N4O6S. The number of amides is 3. The Balaban J connectivity index is 1.64. The number of anilines is 1. The molecule has 0 bridgehead atoms. The molecule has 1 aliphatic rings. The van der Waals surface area contributed by atoms with Crippen molar-refractivity contribution in [3.05, 3.63) is 53.6 Å². The fourth-order valence-corrected chi connectivity index (χ4v) is 4.90. The lowest BCUT2D eigenvalue weighted by Gasteiger charge is -2.18. The first-order chi connectivity index (χ1) is 14.7. The van der Waals surface area contributed by atoms with E-state index in [1.54, 1.807) is 38.1 Å². The Morgan fingerprint density at radius 3 is 2.48 bits per heavy atom. The van der Waals surface area contributed by atoms with E-state index < -0.39 is 33.8 Å². The molecule has 11 heteroatoms. The lowest BCUT2D eigenvalue weighted by Crippen LogP contribution is -2.44. The number of ether oxygens (including phenoxy) is 1. The summed E-state index contributed by atoms with van der Waals surface area (Å²) in [5.74, 6) is -1.33. The van der Waals surface area contributed by atoms with Crippen LogP contribution in [0.4, 0.5) is 5.69 Å². The summed E-state index contributed by atoms with van der Waals surface area (Å²) in [5.41, 5.74) is 5.07. The predicted octanol–water partition coefficient (Wildman–Crippen LogP) is 1.12. The van der Waals surface area contributed by atoms with Crippen molar-refractivity contribution in [2.75, 3.05) is 19.0 Å². The van der Waals surface area contributed by atoms with Crippen molar-refractivity contribution in [2.45, 2.75) is 24.8 Å². The molecule has 1 heterocycles. The molecule has 0 fully saturated rings. The standard InChI is InChI=1S/C20H22N4O6S/c1-12(2)24-20(27)14-9-8-13(10-17(14)31(24,28)29)19(26)23-22-18(25)11-21-15-6-4-5-7-16(15)30-3/h4-10,12,21H,11H2,1-3H3,(H,22,25)(H,23,26). The van der Waals surface area contributed by atoms with Crippen LogP contribution in [0, 0.1) is 0 Å². The van der Waals surface area contributed by atoms with Crippen LogP contribution < -0.4 is 20.9 Å². The van der Waals surface area contributed by atoms with Gasteiger partial charge in [0.2, 0.25) is 0 Å². The average molecular weight is 446 g/mol. The van der Waals surface area contributed by atoms with Gasteiger partial charge in [-0.2, -0.15) is 0 Å². The number of carbonyl (C=O) groups excluding carboxylic acids is 3. The number of hydrogen-bond donors (Lipinski definition) is 3. The lowest BCUT2D eigenvalue weighted by atomic mass is 10.1. The molecule has 2 aromatic carbocycles. The molecule has 3 N–H and O–H groups in total. The van der Waals surface area contributed by atoms with Crippen LogP contribution in [0.2, 0.25) is 0 Å². The Morgan fingerprint density at radius 2 is 1.81 bits per heavy atom. The smallest absolute Gasteiger partial charge is 0.269 e. The van der Waals surface area contributed by atoms with Crippen LogP contribution in [0.5, 0.6) is 5.75 Å². The third-order valence-electron chi connectivity index (χ3n) is 4.54. The van der Waals surface area contributed by atoms with Crippen molar-refractivity contribution in [1.29, 1.82) is 0 Å². The second-order valence-corrected chi connectivity index (χ2v) is 8.75. The Bertz CT molecular complexity index is 1150. The number of fused-ring (bicyclic) bond motifs is 1. The number of carbonyl (C=O) groups is 3. The van der Waals surface area contributed by atoms with Gasteiger partial charge >= 0.3 is 0 Å². The number of methoxy groups -OCH3 is 1. The van der Waals surface area contributed by atoms with Gasteiger partial charge in [0.1, 0.15) is 10.6 Å². The van der Waals surface area contributed by atoms with Gasteiger partial charge < -0.3 is 10.1 Å². The number of hydrazine groups is 1. The molecule has 2 aromatic rings. The van der Waals surface area contributed by atoms with Gasteiger partial charge in [0.15, 0.2) is 0 Å². The molecule has 1 aliphatic heterocycles. The molecular weight excluding hydrogens is 424 g/mol. The maximum atomic E-state index is 12.6. The van der Waals surface area contributed by atoms with Crippen LogP contribution in [-0.4, -0.2) is 50.1 Å². The Hall–Kier alpha value is -3.60. The highest BCUT2D eigenvalue weighted by Crippen LogP contribution is 2.32. The first kappa shape index (κ1) is 22.1. The van der Waals surface area contributed by atoms with Gasteiger partial charge in [-0.3, -0.25) is 25.2 Å². The molecule has 0 aromatic heterocycles. The van der Waals surface area contributed by atoms with Crippen molar-refractivity contribution < 1.29 is 27.5 Å². The molecule has 3 amide bonds. The Kier molecular flexibility index (Phi) is 6.16. The molecule has 0 atom stereocenters. The van der Waals surface area contributed by atoms with Crippen LogP contribution in [0.1, 0.15) is 34.6 Å². The highest BCUT2D eigenvalue weighted by atomic mass is 32.2. The van der Waals surface area contributed by atoms with E-state index in [9.17, 15) is 22.8 Å². The zero-order valence-electron chi connectivity index (χ0n) is 17.1. The minimum atomic E-state index is -4.03. The van der Waals surface area contributed by atoms with Crippen molar-refractivity contribution in [2.24, 2.45) is 0 Å². The van der Waals surface area contributed by atoms with E-state index in [0.717, 1.165) is 10.4 Å². The summed E-state index contributed by atoms with van der Waals surface area (Å²) in [4.78, 5) is 36.5. The quantitative estimate of drug-likeness (QED) is 0.566. The zero-order chi connectivity index (χ0) is 22.8. The molecule has 0 unspecified atom stereocenters. The minimum Gasteiger partial charge on any atom is -0.495 e. The number of para-hydroxylation sites is 2. The minimum absolute atomic E-state index is 0.00953. The number of benzene rings is 2. The molecule has 31 heavy (non-hydrogen) atoms. The van der Waals surface area contributed by atoms with Crippen molar-refractivity contribution in [3.8, 4) is 5.75 Å². The Morgan fingerprint density at radius 1 is 1.10 bits per heavy atom. The van der Waals surface area contributed by atoms with E-state index in [1.807, 2.05) is 0 Å². The van der Waals surface area contributed by atoms with Crippen molar-refractivity contribution in [1.82, 2.24) is 15.2 Å². The SMILES string of the molecule is COc1ccccc1NCC(=O)NNC(=O)c1ccc2c(c1)S(=O)(=O)N(C(C)C)C2=O. The molecule has 0 saturated heterocycles. The van der Waals surface area contributed by atoms with Gasteiger partial charge in [0, 0.05) is 11.6 Å². The van der Waals surface area contributed by atoms with Crippen molar-refractivity contribution in [3.63, 3.8) is 0 Å². The monoisotopic (exact) mass is 446 g/mol. The summed E-state index contributed by atoms with van der Waals surface area (Å²) < 4.78 is 31.2. The molecule has 0 spiro atoms. The van der Waals surface area contributed by atoms with Gasteiger partial charge in [-0.05, 0) is 44.2 Å². The summed E-state index contributed by atoms with van der Waals surface area (Å²) in [5, 5.41) is 2.88. The fourth-order valence-electron chi connectivity index (χ4n) is 3.11. The van der Waals surface area contributed by atoms with Crippen LogP contribution in [-0.2, 0) is 14.8 Å². The van der Waals surface area contributed by atoms with Gasteiger partial charge in [-0.15, -0.1) is 0 Å². The average Bonchev–Trinajstić information content (AvgIpc) is 2.95. The number of nitrogens with one attached hydrogen (secondary N) is 3. The van der Waals surface area contributed by atoms with Gasteiger partial charge in [-0.25, -0.2) is 12.7 Å². The number of rotatable bonds is 6. The van der Waals surface area contributed by atoms with E-state index in [4.69, 9.17) is 4.74 Å². The van der Waals surface area contributed by atoms with Gasteiger partial charge in [0.05, 0.1) is 24.9 Å². The molecule has 164 valence electrons. The van der Waals surface area contributed by atoms with E-state index in [0.29, 0.717) is 11.4 Å². The second-order valence-electron chi connectivity index (χ2n) is 6.97. The normalized spacial score (nSPS) is 14.2. The molecule has 10 nitrogen and oxygen atoms in total. The third-order valence-corrected chi connectivity index (χ3v) is 6.54. The van der Waals surface area contributed by atoms with E-state index in [-0.39, 0.29) is 22.6 Å². The van der Waals surface area contributed by atoms with Crippen LogP contribution in [0.3, 0.4) is 0 Å². The first-order valence-electron chi connectivity index (χ1n) is 9.35. The summed E-state index contributed by atoms with van der Waals surface area (Å²) in [7, 11) is -2.53. The van der Waals surface area contributed by atoms with Crippen LogP contribution >= 0.6 is 0 Å². The van der Waals surface area contributed by atoms with Gasteiger partial charge in [0.25, 0.3) is 27.7 Å². The Labute approximate surface area is 179 Å². The summed E-state index contributed by atoms with van der Waals surface area (Å²) in [6, 6.07) is 10.2. The predicted molar refractivity (Wildman–Crippen MR) is 112 cm³/mol. The maximum Gasteiger partial charge on any atom is 0.269 e. The molecule has 0 saturated carbocycles. The second kappa shape index (κ2) is 8.64.